The van der Waals surface area contributed by atoms with Crippen LogP contribution in [0, 0.1) is 0 Å². The van der Waals surface area contributed by atoms with Crippen LogP contribution in [0.2, 0.25) is 0 Å². The van der Waals surface area contributed by atoms with Gasteiger partial charge in [-0.3, -0.25) is 4.79 Å². The van der Waals surface area contributed by atoms with Gasteiger partial charge in [0.2, 0.25) is 0 Å². The van der Waals surface area contributed by atoms with Crippen molar-refractivity contribution in [2.75, 3.05) is 6.61 Å². The van der Waals surface area contributed by atoms with E-state index < -0.39 is 0 Å². The van der Waals surface area contributed by atoms with Crippen molar-refractivity contribution in [1.29, 1.82) is 0 Å². The molecule has 0 saturated carbocycles. The summed E-state index contributed by atoms with van der Waals surface area (Å²) in [5.41, 5.74) is 0.769. The molecule has 1 rings (SSSR count). The van der Waals surface area contributed by atoms with Crippen LogP contribution in [0.25, 0.3) is 0 Å². The molecule has 0 bridgehead atoms. The lowest BCUT2D eigenvalue weighted by atomic mass is 10.1. The lowest BCUT2D eigenvalue weighted by Gasteiger charge is -2.12. The first-order valence-electron chi connectivity index (χ1n) is 4.47. The Morgan fingerprint density at radius 3 is 2.85 bits per heavy atom. The molecule has 0 aliphatic carbocycles. The van der Waals surface area contributed by atoms with Crippen LogP contribution in [0.15, 0.2) is 16.8 Å². The van der Waals surface area contributed by atoms with Crippen molar-refractivity contribution >= 4 is 17.1 Å². The maximum atomic E-state index is 11.7. The molecule has 3 heteroatoms. The molecule has 0 radical (unpaired) electrons. The zero-order valence-electron chi connectivity index (χ0n) is 7.95. The molecule has 1 atom stereocenters. The minimum atomic E-state index is -0.264. The van der Waals surface area contributed by atoms with Gasteiger partial charge in [0.05, 0.1) is 0 Å². The second kappa shape index (κ2) is 5.14. The topological polar surface area (TPSA) is 26.3 Å². The first-order valence-corrected chi connectivity index (χ1v) is 5.41. The number of carbonyl (C=O) groups excluding carboxylic acids is 1. The van der Waals surface area contributed by atoms with E-state index in [1.54, 1.807) is 0 Å². The van der Waals surface area contributed by atoms with Crippen molar-refractivity contribution in [1.82, 2.24) is 0 Å². The molecule has 1 aromatic rings. The van der Waals surface area contributed by atoms with Gasteiger partial charge in [-0.2, -0.15) is 11.3 Å². The third-order valence-corrected chi connectivity index (χ3v) is 2.52. The molecule has 0 N–H and O–H groups in total. The third-order valence-electron chi connectivity index (χ3n) is 1.84. The fourth-order valence-electron chi connectivity index (χ4n) is 1.17. The molecule has 72 valence electrons. The fourth-order valence-corrected chi connectivity index (χ4v) is 1.82. The minimum absolute atomic E-state index is 0.102. The van der Waals surface area contributed by atoms with E-state index in [-0.39, 0.29) is 11.9 Å². The Morgan fingerprint density at radius 2 is 2.38 bits per heavy atom. The summed E-state index contributed by atoms with van der Waals surface area (Å²) in [7, 11) is 0. The van der Waals surface area contributed by atoms with Crippen molar-refractivity contribution in [2.24, 2.45) is 0 Å². The van der Waals surface area contributed by atoms with Gasteiger partial charge in [0.15, 0.2) is 5.78 Å². The van der Waals surface area contributed by atoms with Crippen molar-refractivity contribution in [3.63, 3.8) is 0 Å². The van der Waals surface area contributed by atoms with Gasteiger partial charge in [0.1, 0.15) is 6.10 Å². The molecule has 0 aliphatic heterocycles. The number of hydrogen-bond donors (Lipinski definition) is 0. The summed E-state index contributed by atoms with van der Waals surface area (Å²) in [6.45, 7) is 4.46. The Hall–Kier alpha value is -0.670. The highest BCUT2D eigenvalue weighted by Crippen LogP contribution is 2.12. The molecule has 0 aromatic carbocycles. The lowest BCUT2D eigenvalue weighted by molar-refractivity contribution is 0.0444. The van der Waals surface area contributed by atoms with Crippen molar-refractivity contribution < 1.29 is 9.53 Å². The van der Waals surface area contributed by atoms with Gasteiger partial charge in [-0.25, -0.2) is 0 Å². The van der Waals surface area contributed by atoms with Crippen LogP contribution in [0.1, 0.15) is 30.6 Å². The number of carbonyl (C=O) groups is 1. The second-order valence-corrected chi connectivity index (χ2v) is 3.51. The summed E-state index contributed by atoms with van der Waals surface area (Å²) >= 11 is 1.54. The van der Waals surface area contributed by atoms with Crippen LogP contribution in [0.3, 0.4) is 0 Å². The molecule has 0 fully saturated rings. The van der Waals surface area contributed by atoms with E-state index in [2.05, 4.69) is 0 Å². The maximum Gasteiger partial charge on any atom is 0.192 e. The Bertz CT molecular complexity index is 254. The van der Waals surface area contributed by atoms with Crippen molar-refractivity contribution in [2.45, 2.75) is 26.4 Å². The smallest absolute Gasteiger partial charge is 0.192 e. The zero-order valence-corrected chi connectivity index (χ0v) is 8.76. The summed E-state index contributed by atoms with van der Waals surface area (Å²) in [4.78, 5) is 11.7. The fraction of sp³-hybridized carbons (Fsp3) is 0.500. The molecule has 0 aliphatic rings. The highest BCUT2D eigenvalue weighted by molar-refractivity contribution is 7.08. The van der Waals surface area contributed by atoms with Gasteiger partial charge in [-0.15, -0.1) is 0 Å². The summed E-state index contributed by atoms with van der Waals surface area (Å²) in [6, 6.07) is 1.84. The molecule has 1 unspecified atom stereocenters. The number of ether oxygens (including phenoxy) is 1. The van der Waals surface area contributed by atoms with E-state index in [0.717, 1.165) is 12.0 Å². The zero-order chi connectivity index (χ0) is 9.68. The Kier molecular flexibility index (Phi) is 4.12. The van der Waals surface area contributed by atoms with E-state index in [9.17, 15) is 4.79 Å². The van der Waals surface area contributed by atoms with E-state index in [0.29, 0.717) is 6.61 Å². The van der Waals surface area contributed by atoms with Crippen LogP contribution in [0.4, 0.5) is 0 Å². The van der Waals surface area contributed by atoms with Crippen molar-refractivity contribution in [3.8, 4) is 0 Å². The number of hydrogen-bond acceptors (Lipinski definition) is 3. The number of rotatable bonds is 5. The van der Waals surface area contributed by atoms with Gasteiger partial charge in [-0.05, 0) is 24.8 Å². The van der Waals surface area contributed by atoms with E-state index >= 15 is 0 Å². The van der Waals surface area contributed by atoms with E-state index in [1.165, 1.54) is 11.3 Å². The lowest BCUT2D eigenvalue weighted by Crippen LogP contribution is -2.23. The van der Waals surface area contributed by atoms with E-state index in [1.807, 2.05) is 30.7 Å². The quantitative estimate of drug-likeness (QED) is 0.680. The summed E-state index contributed by atoms with van der Waals surface area (Å²) < 4.78 is 5.33. The first-order chi connectivity index (χ1) is 6.29. The third kappa shape index (κ3) is 2.64. The van der Waals surface area contributed by atoms with Gasteiger partial charge in [-0.1, -0.05) is 6.92 Å². The molecule has 2 nitrogen and oxygen atoms in total. The van der Waals surface area contributed by atoms with Crippen LogP contribution < -0.4 is 0 Å². The number of thiophene rings is 1. The molecular formula is C10H14O2S. The Balaban J connectivity index is 2.65. The number of Topliss-reactive ketones (excluding diaryl/α,β-unsaturated/α-hetero) is 1. The second-order valence-electron chi connectivity index (χ2n) is 2.73. The van der Waals surface area contributed by atoms with Gasteiger partial charge in [0.25, 0.3) is 0 Å². The molecular weight excluding hydrogens is 184 g/mol. The summed E-state index contributed by atoms with van der Waals surface area (Å²) in [5.74, 6) is 0.102. The van der Waals surface area contributed by atoms with Crippen molar-refractivity contribution in [3.05, 3.63) is 22.4 Å². The predicted octanol–water partition coefficient (Wildman–Crippen LogP) is 2.75. The normalized spacial score (nSPS) is 12.8. The molecule has 1 heterocycles. The monoisotopic (exact) mass is 198 g/mol. The van der Waals surface area contributed by atoms with Gasteiger partial charge >= 0.3 is 0 Å². The summed E-state index contributed by atoms with van der Waals surface area (Å²) in [5, 5.41) is 3.77. The van der Waals surface area contributed by atoms with Crippen LogP contribution >= 0.6 is 11.3 Å². The molecule has 0 spiro atoms. The van der Waals surface area contributed by atoms with Crippen LogP contribution in [-0.4, -0.2) is 18.5 Å². The van der Waals surface area contributed by atoms with Crippen LogP contribution in [-0.2, 0) is 4.74 Å². The maximum absolute atomic E-state index is 11.7. The first kappa shape index (κ1) is 10.4. The highest BCUT2D eigenvalue weighted by atomic mass is 32.1. The largest absolute Gasteiger partial charge is 0.370 e. The average molecular weight is 198 g/mol. The number of ketones is 1. The Morgan fingerprint density at radius 1 is 1.62 bits per heavy atom. The van der Waals surface area contributed by atoms with Gasteiger partial charge in [0, 0.05) is 17.6 Å². The van der Waals surface area contributed by atoms with E-state index in [4.69, 9.17) is 4.74 Å². The van der Waals surface area contributed by atoms with Crippen LogP contribution in [0.5, 0.6) is 0 Å². The average Bonchev–Trinajstić information content (AvgIpc) is 2.65. The molecule has 1 aromatic heterocycles. The minimum Gasteiger partial charge on any atom is -0.370 e. The molecule has 0 amide bonds. The van der Waals surface area contributed by atoms with Gasteiger partial charge < -0.3 is 4.74 Å². The highest BCUT2D eigenvalue weighted by Gasteiger charge is 2.18. The standard InChI is InChI=1S/C10H14O2S/c1-3-9(12-4-2)10(11)8-5-6-13-7-8/h5-7,9H,3-4H2,1-2H3. The Labute approximate surface area is 82.5 Å². The SMILES string of the molecule is CCOC(CC)C(=O)c1ccsc1. The molecule has 0 saturated heterocycles. The predicted molar refractivity (Wildman–Crippen MR) is 54.4 cm³/mol. The summed E-state index contributed by atoms with van der Waals surface area (Å²) in [6.07, 6.45) is 0.474. The molecule has 13 heavy (non-hydrogen) atoms.